The van der Waals surface area contributed by atoms with Gasteiger partial charge in [-0.3, -0.25) is 0 Å². The fraction of sp³-hybridized carbons (Fsp3) is 1.00. The molecule has 9 aliphatic rings. The van der Waals surface area contributed by atoms with E-state index in [1.165, 1.54) is 257 Å². The SMILES string of the molecule is C.C1CCCCCC1.C1CCCNCC1.C1CCCOCC1.C1CCCOCC1.C1CCCSCC1.C1CCCSCC1.C1COCCOC1.C1COCCSC1.C1CSCCSC1. The number of hydrogen-bond acceptors (Lipinski definition) is 11. The molecule has 6 nitrogen and oxygen atoms in total. The molecule has 0 amide bonds. The van der Waals surface area contributed by atoms with Crippen molar-refractivity contribution in [2.24, 2.45) is 0 Å². The first-order valence-corrected chi connectivity index (χ1v) is 32.8. The third-order valence-corrected chi connectivity index (χ3v) is 17.1. The van der Waals surface area contributed by atoms with Crippen LogP contribution in [0.1, 0.15) is 200 Å². The molecule has 0 aromatic carbocycles. The Morgan fingerprint density at radius 2 is 0.453 bits per heavy atom. The molecule has 0 bridgehead atoms. The lowest BCUT2D eigenvalue weighted by atomic mass is 10.2. The van der Waals surface area contributed by atoms with Crippen LogP contribution in [0.5, 0.6) is 0 Å². The molecule has 9 fully saturated rings. The van der Waals surface area contributed by atoms with Gasteiger partial charge in [0.25, 0.3) is 0 Å². The number of ether oxygens (including phenoxy) is 5. The highest BCUT2D eigenvalue weighted by Crippen LogP contribution is 2.17. The smallest absolute Gasteiger partial charge is 0.0700 e. The minimum Gasteiger partial charge on any atom is -0.381 e. The van der Waals surface area contributed by atoms with Crippen LogP contribution in [0.2, 0.25) is 0 Å². The molecule has 386 valence electrons. The number of rotatable bonds is 0. The largest absolute Gasteiger partial charge is 0.381 e. The lowest BCUT2D eigenvalue weighted by Crippen LogP contribution is -2.12. The summed E-state index contributed by atoms with van der Waals surface area (Å²) in [5.74, 6) is 13.7. The molecule has 1 saturated carbocycles. The summed E-state index contributed by atoms with van der Waals surface area (Å²) in [5.41, 5.74) is 0. The standard InChI is InChI=1S/C7H14.C6H13N.2C6H12O.2C6H12S.C5H10O2.C5H10OS.C5H10S2.CH4/c6*1-2-4-6-7-5-3-1;1-2-6-4-5-7-3-1;1-2-6-3-5-7-4-1;1-2-6-4-5-7-3-1;/h1-7H2;7H,1-6H2;4*1-6H2;3*1-5H2;1H4. The molecule has 8 aliphatic heterocycles. The molecule has 0 atom stereocenters. The molecule has 64 heavy (non-hydrogen) atoms. The normalized spacial score (nSPS) is 23.6. The van der Waals surface area contributed by atoms with Gasteiger partial charge < -0.3 is 29.0 Å². The summed E-state index contributed by atoms with van der Waals surface area (Å²) < 4.78 is 25.7. The van der Waals surface area contributed by atoms with Gasteiger partial charge in [-0.05, 0) is 137 Å². The van der Waals surface area contributed by atoms with Gasteiger partial charge in [0.2, 0.25) is 0 Å². The van der Waals surface area contributed by atoms with E-state index in [0.717, 1.165) is 72.5 Å². The van der Waals surface area contributed by atoms with Crippen molar-refractivity contribution in [3.63, 3.8) is 0 Å². The van der Waals surface area contributed by atoms with Crippen molar-refractivity contribution in [1.82, 2.24) is 5.32 Å². The lowest BCUT2D eigenvalue weighted by molar-refractivity contribution is 0.103. The molecule has 1 N–H and O–H groups in total. The van der Waals surface area contributed by atoms with E-state index >= 15 is 0 Å². The summed E-state index contributed by atoms with van der Waals surface area (Å²) in [6.07, 6.45) is 42.3. The van der Waals surface area contributed by atoms with Crippen LogP contribution in [-0.4, -0.2) is 137 Å². The van der Waals surface area contributed by atoms with Crippen molar-refractivity contribution < 1.29 is 23.7 Å². The van der Waals surface area contributed by atoms with Gasteiger partial charge in [0, 0.05) is 63.5 Å². The van der Waals surface area contributed by atoms with E-state index < -0.39 is 0 Å². The molecule has 0 radical (unpaired) electrons. The molecule has 0 spiro atoms. The van der Waals surface area contributed by atoms with Crippen LogP contribution in [0.25, 0.3) is 0 Å². The first-order chi connectivity index (χ1) is 31.5. The van der Waals surface area contributed by atoms with Gasteiger partial charge in [0.15, 0.2) is 0 Å². The summed E-state index contributed by atoms with van der Waals surface area (Å²) in [4.78, 5) is 0. The zero-order chi connectivity index (χ0) is 44.5. The fourth-order valence-electron chi connectivity index (χ4n) is 7.43. The van der Waals surface area contributed by atoms with Crippen LogP contribution in [0.4, 0.5) is 0 Å². The van der Waals surface area contributed by atoms with Crippen molar-refractivity contribution in [1.29, 1.82) is 0 Å². The average molecular weight is 1000 g/mol. The molecule has 0 aromatic rings. The van der Waals surface area contributed by atoms with Crippen molar-refractivity contribution >= 4 is 58.8 Å². The number of thioether (sulfide) groups is 5. The second kappa shape index (κ2) is 62.5. The van der Waals surface area contributed by atoms with E-state index in [2.05, 4.69) is 52.4 Å². The Balaban J connectivity index is 0.000000696. The molecule has 9 rings (SSSR count). The zero-order valence-electron chi connectivity index (χ0n) is 41.4. The van der Waals surface area contributed by atoms with Gasteiger partial charge >= 0.3 is 0 Å². The lowest BCUT2D eigenvalue weighted by Gasteiger charge is -1.91. The molecule has 11 heteroatoms. The minimum atomic E-state index is 0. The van der Waals surface area contributed by atoms with Gasteiger partial charge in [0.05, 0.1) is 19.8 Å². The van der Waals surface area contributed by atoms with Crippen LogP contribution in [-0.2, 0) is 23.7 Å². The number of nitrogens with one attached hydrogen (secondary N) is 1. The first-order valence-electron chi connectivity index (χ1n) is 27.0. The summed E-state index contributed by atoms with van der Waals surface area (Å²) >= 11 is 10.4. The third-order valence-electron chi connectivity index (χ3n) is 11.4. The highest BCUT2D eigenvalue weighted by Gasteiger charge is 2.00. The monoisotopic (exact) mass is 1000 g/mol. The van der Waals surface area contributed by atoms with Gasteiger partial charge in [-0.2, -0.15) is 58.8 Å². The van der Waals surface area contributed by atoms with Crippen molar-refractivity contribution in [3.05, 3.63) is 0 Å². The van der Waals surface area contributed by atoms with E-state index in [9.17, 15) is 0 Å². The van der Waals surface area contributed by atoms with E-state index in [4.69, 9.17) is 23.7 Å². The third kappa shape index (κ3) is 59.6. The summed E-state index contributed by atoms with van der Waals surface area (Å²) in [6.45, 7) is 11.7. The Morgan fingerprint density at radius 3 is 0.891 bits per heavy atom. The summed E-state index contributed by atoms with van der Waals surface area (Å²) in [5, 5.41) is 3.35. The first kappa shape index (κ1) is 65.5. The second-order valence-electron chi connectivity index (χ2n) is 17.5. The van der Waals surface area contributed by atoms with Crippen LogP contribution >= 0.6 is 58.8 Å². The molecule has 0 aromatic heterocycles. The Hall–Kier alpha value is 1.51. The Kier molecular flexibility index (Phi) is 64.0. The minimum absolute atomic E-state index is 0. The maximum Gasteiger partial charge on any atom is 0.0700 e. The highest BCUT2D eigenvalue weighted by molar-refractivity contribution is 8.03. The molecule has 0 unspecified atom stereocenters. The molecular formula is C53H109NO5S5. The topological polar surface area (TPSA) is 58.2 Å². The predicted octanol–water partition coefficient (Wildman–Crippen LogP) is 15.7. The van der Waals surface area contributed by atoms with Crippen LogP contribution in [0, 0.1) is 0 Å². The molecular weight excluding hydrogens is 891 g/mol. The molecule has 8 saturated heterocycles. The second-order valence-corrected chi connectivity index (χ2v) is 23.6. The fourth-order valence-corrected chi connectivity index (χ4v) is 12.5. The molecule has 1 aliphatic carbocycles. The van der Waals surface area contributed by atoms with Gasteiger partial charge in [0.1, 0.15) is 0 Å². The average Bonchev–Trinajstić information content (AvgIpc) is 4.15. The van der Waals surface area contributed by atoms with Crippen molar-refractivity contribution in [3.8, 4) is 0 Å². The van der Waals surface area contributed by atoms with Gasteiger partial charge in [-0.25, -0.2) is 0 Å². The predicted molar refractivity (Wildman–Crippen MR) is 299 cm³/mol. The van der Waals surface area contributed by atoms with Crippen LogP contribution in [0.3, 0.4) is 0 Å². The van der Waals surface area contributed by atoms with Gasteiger partial charge in [-0.1, -0.05) is 117 Å². The maximum absolute atomic E-state index is 5.19. The van der Waals surface area contributed by atoms with Gasteiger partial charge in [-0.15, -0.1) is 0 Å². The quantitative estimate of drug-likeness (QED) is 0.236. The van der Waals surface area contributed by atoms with E-state index in [1.54, 1.807) is 0 Å². The van der Waals surface area contributed by atoms with E-state index in [0.29, 0.717) is 0 Å². The van der Waals surface area contributed by atoms with E-state index in [1.807, 2.05) is 11.8 Å². The Bertz CT molecular complexity index is 434. The Morgan fingerprint density at radius 1 is 0.188 bits per heavy atom. The molecule has 8 heterocycles. The number of hydrogen-bond donors (Lipinski definition) is 1. The zero-order valence-corrected chi connectivity index (χ0v) is 45.4. The van der Waals surface area contributed by atoms with E-state index in [-0.39, 0.29) is 7.43 Å². The summed E-state index contributed by atoms with van der Waals surface area (Å²) in [7, 11) is 0. The Labute approximate surface area is 421 Å². The summed E-state index contributed by atoms with van der Waals surface area (Å²) in [6, 6.07) is 0. The maximum atomic E-state index is 5.19. The van der Waals surface area contributed by atoms with Crippen molar-refractivity contribution in [2.75, 3.05) is 137 Å². The highest BCUT2D eigenvalue weighted by atomic mass is 32.2. The van der Waals surface area contributed by atoms with Crippen LogP contribution in [0.15, 0.2) is 0 Å². The van der Waals surface area contributed by atoms with Crippen LogP contribution < -0.4 is 5.32 Å². The van der Waals surface area contributed by atoms with Crippen molar-refractivity contribution in [2.45, 2.75) is 200 Å².